The lowest BCUT2D eigenvalue weighted by Crippen LogP contribution is -2.01. The topological polar surface area (TPSA) is 29.1 Å². The zero-order chi connectivity index (χ0) is 14.6. The van der Waals surface area contributed by atoms with E-state index < -0.39 is 0 Å². The van der Waals surface area contributed by atoms with E-state index in [1.54, 1.807) is 0 Å². The van der Waals surface area contributed by atoms with Gasteiger partial charge in [0.25, 0.3) is 0 Å². The highest BCUT2D eigenvalue weighted by Gasteiger charge is 1.99. The molecule has 112 valence electrons. The van der Waals surface area contributed by atoms with Crippen molar-refractivity contribution in [2.24, 2.45) is 0 Å². The fraction of sp³-hybridized carbons (Fsp3) is 0.588. The first-order chi connectivity index (χ1) is 9.72. The van der Waals surface area contributed by atoms with Crippen LogP contribution in [0.3, 0.4) is 0 Å². The second kappa shape index (κ2) is 10.7. The van der Waals surface area contributed by atoms with Crippen molar-refractivity contribution in [2.45, 2.75) is 58.3 Å². The lowest BCUT2D eigenvalue weighted by molar-refractivity contribution is -0.111. The van der Waals surface area contributed by atoms with Crippen LogP contribution in [0.15, 0.2) is 24.3 Å². The van der Waals surface area contributed by atoms with Crippen LogP contribution in [-0.4, -0.2) is 11.8 Å². The highest BCUT2D eigenvalue weighted by atomic mass is 35.5. The number of benzene rings is 1. The summed E-state index contributed by atoms with van der Waals surface area (Å²) in [5.41, 5.74) is 2.31. The molecule has 2 nitrogen and oxygen atoms in total. The van der Waals surface area contributed by atoms with Gasteiger partial charge in [0.05, 0.1) is 0 Å². The van der Waals surface area contributed by atoms with E-state index >= 15 is 0 Å². The molecule has 0 bridgehead atoms. The summed E-state index contributed by atoms with van der Waals surface area (Å²) in [6, 6.07) is 8.27. The van der Waals surface area contributed by atoms with E-state index in [1.807, 2.05) is 0 Å². The molecule has 0 fully saturated rings. The summed E-state index contributed by atoms with van der Waals surface area (Å²) in [4.78, 5) is 10.7. The number of carbonyl (C=O) groups is 1. The summed E-state index contributed by atoms with van der Waals surface area (Å²) in [6.45, 7) is 3.28. The summed E-state index contributed by atoms with van der Waals surface area (Å²) in [7, 11) is 0. The molecule has 1 rings (SSSR count). The molecule has 0 aliphatic carbocycles. The van der Waals surface area contributed by atoms with Crippen molar-refractivity contribution in [3.05, 3.63) is 29.8 Å². The van der Waals surface area contributed by atoms with Crippen LogP contribution >= 0.6 is 11.6 Å². The molecule has 0 aromatic heterocycles. The normalized spacial score (nSPS) is 10.5. The number of hydrogen-bond donors (Lipinski definition) is 1. The molecule has 0 amide bonds. The van der Waals surface area contributed by atoms with E-state index in [2.05, 4.69) is 36.5 Å². The van der Waals surface area contributed by atoms with Crippen LogP contribution in [-0.2, 0) is 11.2 Å². The van der Waals surface area contributed by atoms with Crippen molar-refractivity contribution in [1.82, 2.24) is 0 Å². The van der Waals surface area contributed by atoms with Gasteiger partial charge in [-0.2, -0.15) is 0 Å². The fourth-order valence-corrected chi connectivity index (χ4v) is 2.26. The molecular weight excluding hydrogens is 270 g/mol. The monoisotopic (exact) mass is 295 g/mol. The Morgan fingerprint density at radius 3 is 2.35 bits per heavy atom. The van der Waals surface area contributed by atoms with Crippen molar-refractivity contribution in [3.8, 4) is 0 Å². The Kier molecular flexibility index (Phi) is 9.14. The van der Waals surface area contributed by atoms with Crippen LogP contribution in [0, 0.1) is 0 Å². The van der Waals surface area contributed by atoms with Gasteiger partial charge in [0.2, 0.25) is 5.24 Å². The van der Waals surface area contributed by atoms with Gasteiger partial charge in [0.1, 0.15) is 0 Å². The first-order valence-electron chi connectivity index (χ1n) is 7.73. The minimum atomic E-state index is -0.268. The molecule has 1 aromatic rings. The molecule has 0 saturated carbocycles. The third kappa shape index (κ3) is 8.21. The molecule has 1 N–H and O–H groups in total. The van der Waals surface area contributed by atoms with Gasteiger partial charge in [-0.15, -0.1) is 0 Å². The summed E-state index contributed by atoms with van der Waals surface area (Å²) < 4.78 is 0. The highest BCUT2D eigenvalue weighted by molar-refractivity contribution is 6.63. The summed E-state index contributed by atoms with van der Waals surface area (Å²) >= 11 is 5.34. The van der Waals surface area contributed by atoms with Gasteiger partial charge in [-0.1, -0.05) is 51.2 Å². The third-order valence-electron chi connectivity index (χ3n) is 3.42. The molecule has 0 radical (unpaired) electrons. The van der Waals surface area contributed by atoms with Crippen LogP contribution in [0.5, 0.6) is 0 Å². The Balaban J connectivity index is 2.13. The zero-order valence-corrected chi connectivity index (χ0v) is 13.2. The number of carbonyl (C=O) groups excluding carboxylic acids is 1. The van der Waals surface area contributed by atoms with E-state index in [1.165, 1.54) is 38.5 Å². The average Bonchev–Trinajstić information content (AvgIpc) is 2.45. The number of unbranched alkanes of at least 4 members (excludes halogenated alkanes) is 5. The number of aryl methyl sites for hydroxylation is 1. The minimum Gasteiger partial charge on any atom is -0.385 e. The molecule has 3 heteroatoms. The molecule has 0 saturated heterocycles. The van der Waals surface area contributed by atoms with Gasteiger partial charge < -0.3 is 5.32 Å². The maximum absolute atomic E-state index is 10.7. The van der Waals surface area contributed by atoms with Gasteiger partial charge in [0, 0.05) is 18.7 Å². The molecule has 0 unspecified atom stereocenters. The van der Waals surface area contributed by atoms with Gasteiger partial charge in [-0.3, -0.25) is 4.79 Å². The molecule has 0 aliphatic rings. The van der Waals surface area contributed by atoms with Crippen molar-refractivity contribution < 1.29 is 4.79 Å². The molecular formula is C17H26ClNO. The fourth-order valence-electron chi connectivity index (χ4n) is 2.17. The van der Waals surface area contributed by atoms with Crippen molar-refractivity contribution in [1.29, 1.82) is 0 Å². The van der Waals surface area contributed by atoms with Gasteiger partial charge in [-0.05, 0) is 42.1 Å². The quantitative estimate of drug-likeness (QED) is 0.451. The van der Waals surface area contributed by atoms with E-state index in [0.29, 0.717) is 6.42 Å². The van der Waals surface area contributed by atoms with Crippen molar-refractivity contribution >= 4 is 22.5 Å². The first-order valence-corrected chi connectivity index (χ1v) is 8.11. The Labute approximate surface area is 127 Å². The number of hydrogen-bond acceptors (Lipinski definition) is 2. The second-order valence-corrected chi connectivity index (χ2v) is 5.67. The van der Waals surface area contributed by atoms with E-state index in [0.717, 1.165) is 24.2 Å². The van der Waals surface area contributed by atoms with Crippen LogP contribution in [0.1, 0.15) is 57.4 Å². The Bertz CT molecular complexity index is 375. The maximum atomic E-state index is 10.7. The molecule has 1 aromatic carbocycles. The maximum Gasteiger partial charge on any atom is 0.221 e. The SMILES string of the molecule is CCCCCCCCNc1ccc(CCC(=O)Cl)cc1. The molecule has 0 aliphatic heterocycles. The number of rotatable bonds is 11. The van der Waals surface area contributed by atoms with Crippen molar-refractivity contribution in [3.63, 3.8) is 0 Å². The minimum absolute atomic E-state index is 0.268. The Morgan fingerprint density at radius 1 is 1.05 bits per heavy atom. The van der Waals surface area contributed by atoms with Crippen LogP contribution in [0.2, 0.25) is 0 Å². The lowest BCUT2D eigenvalue weighted by Gasteiger charge is -2.07. The van der Waals surface area contributed by atoms with E-state index in [-0.39, 0.29) is 5.24 Å². The molecule has 20 heavy (non-hydrogen) atoms. The largest absolute Gasteiger partial charge is 0.385 e. The first kappa shape index (κ1) is 17.0. The molecule has 0 spiro atoms. The number of halogens is 1. The van der Waals surface area contributed by atoms with Gasteiger partial charge in [-0.25, -0.2) is 0 Å². The summed E-state index contributed by atoms with van der Waals surface area (Å²) in [5.74, 6) is 0. The van der Waals surface area contributed by atoms with E-state index in [4.69, 9.17) is 11.6 Å². The number of nitrogens with one attached hydrogen (secondary N) is 1. The predicted molar refractivity (Wildman–Crippen MR) is 87.5 cm³/mol. The summed E-state index contributed by atoms with van der Waals surface area (Å²) in [6.07, 6.45) is 9.05. The smallest absolute Gasteiger partial charge is 0.221 e. The zero-order valence-electron chi connectivity index (χ0n) is 12.5. The average molecular weight is 296 g/mol. The predicted octanol–water partition coefficient (Wildman–Crippen LogP) is 5.16. The van der Waals surface area contributed by atoms with Gasteiger partial charge in [0.15, 0.2) is 0 Å². The highest BCUT2D eigenvalue weighted by Crippen LogP contribution is 2.12. The van der Waals surface area contributed by atoms with E-state index in [9.17, 15) is 4.79 Å². The van der Waals surface area contributed by atoms with Crippen LogP contribution in [0.4, 0.5) is 5.69 Å². The number of anilines is 1. The van der Waals surface area contributed by atoms with Gasteiger partial charge >= 0.3 is 0 Å². The Hall–Kier alpha value is -1.02. The third-order valence-corrected chi connectivity index (χ3v) is 3.61. The second-order valence-electron chi connectivity index (χ2n) is 5.25. The lowest BCUT2D eigenvalue weighted by atomic mass is 10.1. The standard InChI is InChI=1S/C17H26ClNO/c1-2-3-4-5-6-7-14-19-16-11-8-15(9-12-16)10-13-17(18)20/h8-9,11-12,19H,2-7,10,13-14H2,1H3. The van der Waals surface area contributed by atoms with Crippen LogP contribution in [0.25, 0.3) is 0 Å². The Morgan fingerprint density at radius 2 is 1.70 bits per heavy atom. The molecule has 0 heterocycles. The summed E-state index contributed by atoms with van der Waals surface area (Å²) in [5, 5.41) is 3.17. The molecule has 0 atom stereocenters. The van der Waals surface area contributed by atoms with Crippen molar-refractivity contribution in [2.75, 3.05) is 11.9 Å². The van der Waals surface area contributed by atoms with Crippen LogP contribution < -0.4 is 5.32 Å².